The number of carbonyl (C=O) groups is 1. The largest absolute Gasteiger partial charge is 0.378 e. The predicted octanol–water partition coefficient (Wildman–Crippen LogP) is 1.78. The van der Waals surface area contributed by atoms with Crippen LogP contribution in [0.4, 0.5) is 0 Å². The van der Waals surface area contributed by atoms with E-state index in [1.165, 1.54) is 0 Å². The minimum Gasteiger partial charge on any atom is -0.378 e. The number of carbonyl (C=O) groups excluding carboxylic acids is 1. The van der Waals surface area contributed by atoms with Crippen molar-refractivity contribution in [3.63, 3.8) is 0 Å². The van der Waals surface area contributed by atoms with Crippen molar-refractivity contribution >= 4 is 11.9 Å². The van der Waals surface area contributed by atoms with Crippen LogP contribution in [-0.2, 0) is 9.53 Å². The number of likely N-dealkylation sites (N-methyl/N-ethyl adjacent to an activating group) is 1. The van der Waals surface area contributed by atoms with Crippen molar-refractivity contribution < 1.29 is 9.53 Å². The summed E-state index contributed by atoms with van der Waals surface area (Å²) >= 11 is 0. The third kappa shape index (κ3) is 6.91. The maximum Gasteiger partial charge on any atom is 0.243 e. The van der Waals surface area contributed by atoms with Gasteiger partial charge in [0.15, 0.2) is 5.96 Å². The van der Waals surface area contributed by atoms with E-state index in [4.69, 9.17) is 4.74 Å². The van der Waals surface area contributed by atoms with Gasteiger partial charge in [-0.2, -0.15) is 0 Å². The van der Waals surface area contributed by atoms with Gasteiger partial charge in [0.1, 0.15) is 6.54 Å². The number of guanidine groups is 1. The van der Waals surface area contributed by atoms with Crippen molar-refractivity contribution in [2.24, 2.45) is 10.9 Å². The monoisotopic (exact) mass is 338 g/mol. The van der Waals surface area contributed by atoms with Crippen LogP contribution in [0.1, 0.15) is 39.5 Å². The Hall–Kier alpha value is -1.56. The standard InChI is InChI=1S/C18H34N4O2/c1-6-10-19-18(20-13-17(23)22(4)5)21-15-9-11-24-16(12-15)14(7-2)8-3/h6,14-16H,1,7-13H2,2-5H3,(H2,19,20,21). The normalized spacial score (nSPS) is 21.5. The molecule has 2 atom stereocenters. The van der Waals surface area contributed by atoms with Gasteiger partial charge in [0, 0.05) is 33.3 Å². The molecule has 1 aliphatic rings. The van der Waals surface area contributed by atoms with E-state index in [0.29, 0.717) is 30.6 Å². The summed E-state index contributed by atoms with van der Waals surface area (Å²) in [5.41, 5.74) is 0. The van der Waals surface area contributed by atoms with E-state index in [1.54, 1.807) is 25.1 Å². The van der Waals surface area contributed by atoms with Crippen molar-refractivity contribution in [3.05, 3.63) is 12.7 Å². The summed E-state index contributed by atoms with van der Waals surface area (Å²) in [6.07, 6.45) is 6.29. The number of hydrogen-bond acceptors (Lipinski definition) is 3. The molecule has 6 heteroatoms. The number of nitrogens with one attached hydrogen (secondary N) is 2. The lowest BCUT2D eigenvalue weighted by atomic mass is 9.89. The highest BCUT2D eigenvalue weighted by molar-refractivity contribution is 5.85. The third-order valence-corrected chi connectivity index (χ3v) is 4.52. The van der Waals surface area contributed by atoms with Gasteiger partial charge in [0.05, 0.1) is 6.10 Å². The summed E-state index contributed by atoms with van der Waals surface area (Å²) in [6, 6.07) is 0.315. The third-order valence-electron chi connectivity index (χ3n) is 4.52. The average molecular weight is 338 g/mol. The first-order valence-corrected chi connectivity index (χ1v) is 8.99. The zero-order chi connectivity index (χ0) is 17.9. The number of aliphatic imine (C=N–C) groups is 1. The molecule has 0 bridgehead atoms. The van der Waals surface area contributed by atoms with Crippen LogP contribution >= 0.6 is 0 Å². The lowest BCUT2D eigenvalue weighted by molar-refractivity contribution is -0.127. The zero-order valence-corrected chi connectivity index (χ0v) is 15.7. The van der Waals surface area contributed by atoms with Crippen molar-refractivity contribution in [1.82, 2.24) is 15.5 Å². The highest BCUT2D eigenvalue weighted by atomic mass is 16.5. The summed E-state index contributed by atoms with van der Waals surface area (Å²) < 4.78 is 5.97. The molecule has 1 saturated heterocycles. The molecular weight excluding hydrogens is 304 g/mol. The molecule has 1 rings (SSSR count). The fraction of sp³-hybridized carbons (Fsp3) is 0.778. The molecule has 0 saturated carbocycles. The van der Waals surface area contributed by atoms with Crippen LogP contribution in [0.25, 0.3) is 0 Å². The molecule has 0 radical (unpaired) electrons. The van der Waals surface area contributed by atoms with Crippen LogP contribution in [0, 0.1) is 5.92 Å². The summed E-state index contributed by atoms with van der Waals surface area (Å²) in [4.78, 5) is 17.7. The number of nitrogens with zero attached hydrogens (tertiary/aromatic N) is 2. The fourth-order valence-electron chi connectivity index (χ4n) is 2.90. The number of ether oxygens (including phenoxy) is 1. The first-order chi connectivity index (χ1) is 11.5. The molecule has 0 aromatic heterocycles. The topological polar surface area (TPSA) is 66.0 Å². The van der Waals surface area contributed by atoms with Crippen molar-refractivity contribution in [2.75, 3.05) is 33.8 Å². The van der Waals surface area contributed by atoms with E-state index in [-0.39, 0.29) is 12.5 Å². The number of rotatable bonds is 8. The molecule has 1 amide bonds. The Morgan fingerprint density at radius 2 is 2.12 bits per heavy atom. The van der Waals surface area contributed by atoms with Crippen LogP contribution in [0.3, 0.4) is 0 Å². The van der Waals surface area contributed by atoms with Gasteiger partial charge in [-0.25, -0.2) is 4.99 Å². The molecule has 2 unspecified atom stereocenters. The predicted molar refractivity (Wildman–Crippen MR) is 99.2 cm³/mol. The van der Waals surface area contributed by atoms with Gasteiger partial charge in [0.2, 0.25) is 5.91 Å². The lowest BCUT2D eigenvalue weighted by Gasteiger charge is -2.35. The molecule has 0 aromatic carbocycles. The summed E-state index contributed by atoms with van der Waals surface area (Å²) in [5.74, 6) is 1.25. The Morgan fingerprint density at radius 1 is 1.42 bits per heavy atom. The summed E-state index contributed by atoms with van der Waals surface area (Å²) in [7, 11) is 3.47. The second-order valence-corrected chi connectivity index (χ2v) is 6.47. The highest BCUT2D eigenvalue weighted by Crippen LogP contribution is 2.25. The fourth-order valence-corrected chi connectivity index (χ4v) is 2.90. The van der Waals surface area contributed by atoms with Gasteiger partial charge in [-0.3, -0.25) is 4.79 Å². The van der Waals surface area contributed by atoms with Crippen molar-refractivity contribution in [2.45, 2.75) is 51.7 Å². The Balaban J connectivity index is 2.65. The van der Waals surface area contributed by atoms with Crippen LogP contribution in [0.15, 0.2) is 17.6 Å². The van der Waals surface area contributed by atoms with Crippen LogP contribution in [0.5, 0.6) is 0 Å². The molecule has 24 heavy (non-hydrogen) atoms. The average Bonchev–Trinajstić information content (AvgIpc) is 2.58. The van der Waals surface area contributed by atoms with Gasteiger partial charge < -0.3 is 20.3 Å². The maximum atomic E-state index is 11.8. The first kappa shape index (κ1) is 20.5. The smallest absolute Gasteiger partial charge is 0.243 e. The number of amides is 1. The minimum absolute atomic E-state index is 0.0170. The highest BCUT2D eigenvalue weighted by Gasteiger charge is 2.28. The Morgan fingerprint density at radius 3 is 2.71 bits per heavy atom. The molecule has 138 valence electrons. The SMILES string of the molecule is C=CCNC(=NCC(=O)N(C)C)NC1CCOC(C(CC)CC)C1. The van der Waals surface area contributed by atoms with Crippen LogP contribution in [-0.4, -0.2) is 62.7 Å². The zero-order valence-electron chi connectivity index (χ0n) is 15.7. The first-order valence-electron chi connectivity index (χ1n) is 8.99. The summed E-state index contributed by atoms with van der Waals surface area (Å²) in [5, 5.41) is 6.65. The van der Waals surface area contributed by atoms with Gasteiger partial charge in [0.25, 0.3) is 0 Å². The van der Waals surface area contributed by atoms with E-state index >= 15 is 0 Å². The minimum atomic E-state index is -0.0170. The van der Waals surface area contributed by atoms with Gasteiger partial charge in [-0.1, -0.05) is 32.8 Å². The van der Waals surface area contributed by atoms with E-state index in [9.17, 15) is 4.79 Å². The molecular formula is C18H34N4O2. The van der Waals surface area contributed by atoms with E-state index in [1.807, 2.05) is 0 Å². The van der Waals surface area contributed by atoms with Gasteiger partial charge in [-0.05, 0) is 18.8 Å². The van der Waals surface area contributed by atoms with E-state index < -0.39 is 0 Å². The molecule has 0 spiro atoms. The van der Waals surface area contributed by atoms with Crippen LogP contribution < -0.4 is 10.6 Å². The van der Waals surface area contributed by atoms with Gasteiger partial charge in [-0.15, -0.1) is 6.58 Å². The van der Waals surface area contributed by atoms with E-state index in [2.05, 4.69) is 36.1 Å². The molecule has 1 fully saturated rings. The maximum absolute atomic E-state index is 11.8. The molecule has 2 N–H and O–H groups in total. The van der Waals surface area contributed by atoms with Crippen molar-refractivity contribution in [3.8, 4) is 0 Å². The second kappa shape index (κ2) is 11.1. The molecule has 1 heterocycles. The van der Waals surface area contributed by atoms with Crippen molar-refractivity contribution in [1.29, 1.82) is 0 Å². The number of hydrogen-bond donors (Lipinski definition) is 2. The molecule has 0 aliphatic carbocycles. The Kier molecular flexibility index (Phi) is 9.45. The second-order valence-electron chi connectivity index (χ2n) is 6.47. The molecule has 0 aromatic rings. The van der Waals surface area contributed by atoms with Gasteiger partial charge >= 0.3 is 0 Å². The van der Waals surface area contributed by atoms with Crippen LogP contribution in [0.2, 0.25) is 0 Å². The van der Waals surface area contributed by atoms with E-state index in [0.717, 1.165) is 32.3 Å². The summed E-state index contributed by atoms with van der Waals surface area (Å²) in [6.45, 7) is 9.68. The molecule has 6 nitrogen and oxygen atoms in total. The Labute approximate surface area is 146 Å². The molecule has 1 aliphatic heterocycles. The quantitative estimate of drug-likeness (QED) is 0.402. The lowest BCUT2D eigenvalue weighted by Crippen LogP contribution is -2.48. The Bertz CT molecular complexity index is 419.